The van der Waals surface area contributed by atoms with Gasteiger partial charge in [-0.05, 0) is 18.2 Å². The third-order valence-corrected chi connectivity index (χ3v) is 2.50. The number of carboxylic acid groups (broad SMARTS) is 1. The Morgan fingerprint density at radius 2 is 1.65 bits per heavy atom. The first kappa shape index (κ1) is 13.4. The van der Waals surface area contributed by atoms with E-state index >= 15 is 0 Å². The maximum Gasteiger partial charge on any atom is 0.343 e. The molecular weight excluding hydrogens is 264 g/mol. The van der Waals surface area contributed by atoms with Crippen LogP contribution >= 0.6 is 0 Å². The van der Waals surface area contributed by atoms with Crippen LogP contribution in [-0.4, -0.2) is 27.3 Å². The summed E-state index contributed by atoms with van der Waals surface area (Å²) in [6.07, 6.45) is 0. The van der Waals surface area contributed by atoms with Gasteiger partial charge in [0.25, 0.3) is 0 Å². The number of phenols is 2. The largest absolute Gasteiger partial charge is 0.508 e. The molecule has 0 aliphatic heterocycles. The second kappa shape index (κ2) is 5.31. The van der Waals surface area contributed by atoms with E-state index in [4.69, 9.17) is 9.84 Å². The van der Waals surface area contributed by atoms with Crippen molar-refractivity contribution in [3.05, 3.63) is 53.6 Å². The van der Waals surface area contributed by atoms with E-state index in [2.05, 4.69) is 0 Å². The van der Waals surface area contributed by atoms with E-state index in [1.54, 1.807) is 18.2 Å². The molecule has 20 heavy (non-hydrogen) atoms. The second-order valence-electron chi connectivity index (χ2n) is 3.90. The summed E-state index contributed by atoms with van der Waals surface area (Å²) in [5, 5.41) is 27.9. The number of ether oxygens (including phenoxy) is 1. The minimum Gasteiger partial charge on any atom is -0.508 e. The number of benzene rings is 2. The molecule has 0 spiro atoms. The van der Waals surface area contributed by atoms with Gasteiger partial charge in [-0.1, -0.05) is 18.2 Å². The van der Waals surface area contributed by atoms with Gasteiger partial charge >= 0.3 is 11.9 Å². The SMILES string of the molecule is O=C(Oc1cc(O)cc(C(=O)O)c1O)c1ccccc1. The highest BCUT2D eigenvalue weighted by Crippen LogP contribution is 2.34. The molecule has 0 atom stereocenters. The summed E-state index contributed by atoms with van der Waals surface area (Å²) in [5.74, 6) is -3.80. The third-order valence-electron chi connectivity index (χ3n) is 2.50. The number of aromatic carboxylic acids is 1. The molecule has 0 saturated carbocycles. The summed E-state index contributed by atoms with van der Waals surface area (Å²) in [4.78, 5) is 22.7. The zero-order valence-electron chi connectivity index (χ0n) is 10.1. The lowest BCUT2D eigenvalue weighted by atomic mass is 10.1. The van der Waals surface area contributed by atoms with Crippen LogP contribution in [0.15, 0.2) is 42.5 Å². The molecule has 2 aromatic rings. The van der Waals surface area contributed by atoms with Crippen LogP contribution in [0.4, 0.5) is 0 Å². The molecule has 0 aromatic heterocycles. The second-order valence-corrected chi connectivity index (χ2v) is 3.90. The summed E-state index contributed by atoms with van der Waals surface area (Å²) < 4.78 is 4.89. The number of rotatable bonds is 3. The van der Waals surface area contributed by atoms with Crippen LogP contribution in [-0.2, 0) is 0 Å². The average Bonchev–Trinajstić information content (AvgIpc) is 2.43. The van der Waals surface area contributed by atoms with Crippen LogP contribution in [0.2, 0.25) is 0 Å². The van der Waals surface area contributed by atoms with Crippen LogP contribution in [0.25, 0.3) is 0 Å². The summed E-state index contributed by atoms with van der Waals surface area (Å²) in [7, 11) is 0. The van der Waals surface area contributed by atoms with Gasteiger partial charge in [0, 0.05) is 6.07 Å². The van der Waals surface area contributed by atoms with Crippen molar-refractivity contribution in [3.8, 4) is 17.2 Å². The molecule has 0 unspecified atom stereocenters. The van der Waals surface area contributed by atoms with E-state index in [0.29, 0.717) is 0 Å². The predicted molar refractivity (Wildman–Crippen MR) is 68.1 cm³/mol. The maximum atomic E-state index is 11.8. The molecule has 102 valence electrons. The molecule has 2 aromatic carbocycles. The number of carboxylic acids is 1. The van der Waals surface area contributed by atoms with Gasteiger partial charge in [-0.25, -0.2) is 9.59 Å². The summed E-state index contributed by atoms with van der Waals surface area (Å²) >= 11 is 0. The van der Waals surface area contributed by atoms with Crippen molar-refractivity contribution in [1.82, 2.24) is 0 Å². The van der Waals surface area contributed by atoms with E-state index in [1.165, 1.54) is 12.1 Å². The lowest BCUT2D eigenvalue weighted by Crippen LogP contribution is -2.09. The van der Waals surface area contributed by atoms with Gasteiger partial charge in [0.15, 0.2) is 11.5 Å². The number of hydrogen-bond acceptors (Lipinski definition) is 5. The van der Waals surface area contributed by atoms with Crippen molar-refractivity contribution in [2.45, 2.75) is 0 Å². The molecule has 0 amide bonds. The highest BCUT2D eigenvalue weighted by atomic mass is 16.5. The van der Waals surface area contributed by atoms with E-state index in [-0.39, 0.29) is 5.56 Å². The van der Waals surface area contributed by atoms with Crippen LogP contribution in [0.1, 0.15) is 20.7 Å². The van der Waals surface area contributed by atoms with Crippen molar-refractivity contribution in [2.75, 3.05) is 0 Å². The number of carbonyl (C=O) groups is 2. The monoisotopic (exact) mass is 274 g/mol. The van der Waals surface area contributed by atoms with Gasteiger partial charge in [-0.15, -0.1) is 0 Å². The fourth-order valence-corrected chi connectivity index (χ4v) is 1.57. The van der Waals surface area contributed by atoms with Crippen LogP contribution in [0.5, 0.6) is 17.2 Å². The molecule has 0 heterocycles. The Morgan fingerprint density at radius 3 is 2.25 bits per heavy atom. The van der Waals surface area contributed by atoms with Gasteiger partial charge in [0.1, 0.15) is 11.3 Å². The lowest BCUT2D eigenvalue weighted by Gasteiger charge is -2.09. The lowest BCUT2D eigenvalue weighted by molar-refractivity contribution is 0.0680. The van der Waals surface area contributed by atoms with Crippen LogP contribution < -0.4 is 4.74 Å². The number of phenolic OH excluding ortho intramolecular Hbond substituents is 1. The van der Waals surface area contributed by atoms with E-state index < -0.39 is 34.8 Å². The third kappa shape index (κ3) is 2.69. The molecule has 6 nitrogen and oxygen atoms in total. The molecule has 0 aliphatic carbocycles. The summed E-state index contributed by atoms with van der Waals surface area (Å²) in [5.41, 5.74) is -0.326. The van der Waals surface area contributed by atoms with Crippen molar-refractivity contribution in [3.63, 3.8) is 0 Å². The highest BCUT2D eigenvalue weighted by molar-refractivity contribution is 5.95. The van der Waals surface area contributed by atoms with E-state index in [9.17, 15) is 19.8 Å². The van der Waals surface area contributed by atoms with Crippen LogP contribution in [0.3, 0.4) is 0 Å². The fourth-order valence-electron chi connectivity index (χ4n) is 1.57. The zero-order chi connectivity index (χ0) is 14.7. The van der Waals surface area contributed by atoms with Gasteiger partial charge in [-0.2, -0.15) is 0 Å². The average molecular weight is 274 g/mol. The molecule has 0 bridgehead atoms. The Balaban J connectivity index is 2.35. The first-order chi connectivity index (χ1) is 9.49. The predicted octanol–water partition coefficient (Wildman–Crippen LogP) is 2.02. The smallest absolute Gasteiger partial charge is 0.343 e. The zero-order valence-corrected chi connectivity index (χ0v) is 10.1. The van der Waals surface area contributed by atoms with Gasteiger partial charge in [-0.3, -0.25) is 0 Å². The molecule has 6 heteroatoms. The fraction of sp³-hybridized carbons (Fsp3) is 0. The number of aromatic hydroxyl groups is 2. The Bertz CT molecular complexity index is 663. The Hall–Kier alpha value is -3.02. The first-order valence-electron chi connectivity index (χ1n) is 5.55. The van der Waals surface area contributed by atoms with Gasteiger partial charge in [0.05, 0.1) is 5.56 Å². The number of hydrogen-bond donors (Lipinski definition) is 3. The quantitative estimate of drug-likeness (QED) is 0.449. The topological polar surface area (TPSA) is 104 Å². The molecular formula is C14H10O6. The number of esters is 1. The molecule has 0 fully saturated rings. The highest BCUT2D eigenvalue weighted by Gasteiger charge is 2.19. The molecule has 0 aliphatic rings. The van der Waals surface area contributed by atoms with Crippen molar-refractivity contribution in [1.29, 1.82) is 0 Å². The summed E-state index contributed by atoms with van der Waals surface area (Å²) in [6.45, 7) is 0. The molecule has 0 radical (unpaired) electrons. The van der Waals surface area contributed by atoms with Crippen molar-refractivity contribution < 1.29 is 29.6 Å². The van der Waals surface area contributed by atoms with Crippen LogP contribution in [0, 0.1) is 0 Å². The Kier molecular flexibility index (Phi) is 3.56. The standard InChI is InChI=1S/C14H10O6/c15-9-6-10(13(17)18)12(16)11(7-9)20-14(19)8-4-2-1-3-5-8/h1-7,15-16H,(H,17,18). The number of carbonyl (C=O) groups excluding carboxylic acids is 1. The Morgan fingerprint density at radius 1 is 1.00 bits per heavy atom. The molecule has 0 saturated heterocycles. The van der Waals surface area contributed by atoms with E-state index in [0.717, 1.165) is 12.1 Å². The minimum atomic E-state index is -1.45. The Labute approximate surface area is 113 Å². The van der Waals surface area contributed by atoms with E-state index in [1.807, 2.05) is 0 Å². The maximum absolute atomic E-state index is 11.8. The minimum absolute atomic E-state index is 0.229. The normalized spacial score (nSPS) is 10.0. The molecule has 2 rings (SSSR count). The summed E-state index contributed by atoms with van der Waals surface area (Å²) in [6, 6.07) is 9.79. The first-order valence-corrected chi connectivity index (χ1v) is 5.55. The van der Waals surface area contributed by atoms with Crippen molar-refractivity contribution in [2.24, 2.45) is 0 Å². The van der Waals surface area contributed by atoms with Gasteiger partial charge in [0.2, 0.25) is 0 Å². The van der Waals surface area contributed by atoms with Crippen molar-refractivity contribution >= 4 is 11.9 Å². The van der Waals surface area contributed by atoms with Gasteiger partial charge < -0.3 is 20.1 Å². The molecule has 3 N–H and O–H groups in total.